The molecule has 1 nitrogen and oxygen atoms in total. The fraction of sp³-hybridized carbons (Fsp3) is 0.294. The molecule has 0 radical (unpaired) electrons. The molecule has 106 valence electrons. The molecule has 2 aromatic carbocycles. The average molecular weight is 336 g/mol. The van der Waals surface area contributed by atoms with Gasteiger partial charge in [-0.15, -0.1) is 0 Å². The minimum atomic E-state index is -0.125. The molecule has 0 aliphatic heterocycles. The van der Waals surface area contributed by atoms with Crippen molar-refractivity contribution in [1.82, 2.24) is 5.32 Å². The molecule has 0 aliphatic rings. The Balaban J connectivity index is 1.91. The smallest absolute Gasteiger partial charge is 0.127 e. The van der Waals surface area contributed by atoms with E-state index in [4.69, 9.17) is 0 Å². The van der Waals surface area contributed by atoms with Crippen molar-refractivity contribution >= 4 is 15.9 Å². The first kappa shape index (κ1) is 15.2. The summed E-state index contributed by atoms with van der Waals surface area (Å²) in [4.78, 5) is 0. The fourth-order valence-electron chi connectivity index (χ4n) is 2.38. The quantitative estimate of drug-likeness (QED) is 0.793. The van der Waals surface area contributed by atoms with Crippen LogP contribution in [0.5, 0.6) is 0 Å². The molecule has 0 saturated carbocycles. The van der Waals surface area contributed by atoms with E-state index < -0.39 is 0 Å². The Kier molecular flexibility index (Phi) is 5.74. The van der Waals surface area contributed by atoms with E-state index >= 15 is 0 Å². The van der Waals surface area contributed by atoms with Crippen LogP contribution in [0.3, 0.4) is 0 Å². The van der Waals surface area contributed by atoms with E-state index in [1.165, 1.54) is 11.6 Å². The molecule has 1 N–H and O–H groups in total. The van der Waals surface area contributed by atoms with Crippen molar-refractivity contribution in [3.63, 3.8) is 0 Å². The van der Waals surface area contributed by atoms with Gasteiger partial charge in [-0.3, -0.25) is 0 Å². The molecule has 2 aromatic rings. The SMILES string of the molecule is CNC(CCCc1ccc(Br)cc1F)c1ccccc1. The molecule has 1 atom stereocenters. The number of rotatable bonds is 6. The first-order valence-corrected chi connectivity index (χ1v) is 7.66. The second kappa shape index (κ2) is 7.55. The second-order valence-electron chi connectivity index (χ2n) is 4.88. The molecule has 0 bridgehead atoms. The van der Waals surface area contributed by atoms with Crippen molar-refractivity contribution in [2.45, 2.75) is 25.3 Å². The van der Waals surface area contributed by atoms with E-state index in [1.807, 2.05) is 37.4 Å². The van der Waals surface area contributed by atoms with Crippen LogP contribution in [0, 0.1) is 5.82 Å². The summed E-state index contributed by atoms with van der Waals surface area (Å²) in [6.45, 7) is 0. The van der Waals surface area contributed by atoms with E-state index in [0.29, 0.717) is 6.04 Å². The molecule has 0 aliphatic carbocycles. The van der Waals surface area contributed by atoms with Crippen LogP contribution in [-0.2, 0) is 6.42 Å². The summed E-state index contributed by atoms with van der Waals surface area (Å²) < 4.78 is 14.5. The zero-order valence-corrected chi connectivity index (χ0v) is 13.2. The van der Waals surface area contributed by atoms with Crippen molar-refractivity contribution in [3.8, 4) is 0 Å². The van der Waals surface area contributed by atoms with Gasteiger partial charge in [-0.2, -0.15) is 0 Å². The van der Waals surface area contributed by atoms with E-state index in [1.54, 1.807) is 0 Å². The predicted octanol–water partition coefficient (Wildman–Crippen LogP) is 4.87. The Bertz CT molecular complexity index is 542. The molecule has 3 heteroatoms. The monoisotopic (exact) mass is 335 g/mol. The van der Waals surface area contributed by atoms with Crippen LogP contribution in [0.15, 0.2) is 53.0 Å². The van der Waals surface area contributed by atoms with Crippen molar-refractivity contribution in [2.75, 3.05) is 7.05 Å². The van der Waals surface area contributed by atoms with Crippen LogP contribution >= 0.6 is 15.9 Å². The predicted molar refractivity (Wildman–Crippen MR) is 85.3 cm³/mol. The molecule has 2 rings (SSSR count). The highest BCUT2D eigenvalue weighted by Crippen LogP contribution is 2.21. The first-order chi connectivity index (χ1) is 9.70. The van der Waals surface area contributed by atoms with Crippen molar-refractivity contribution in [3.05, 3.63) is 69.9 Å². The summed E-state index contributed by atoms with van der Waals surface area (Å²) in [6, 6.07) is 16.0. The summed E-state index contributed by atoms with van der Waals surface area (Å²) >= 11 is 3.28. The molecule has 0 saturated heterocycles. The maximum Gasteiger partial charge on any atom is 0.127 e. The zero-order chi connectivity index (χ0) is 14.4. The van der Waals surface area contributed by atoms with Gasteiger partial charge >= 0.3 is 0 Å². The average Bonchev–Trinajstić information content (AvgIpc) is 2.46. The van der Waals surface area contributed by atoms with Gasteiger partial charge in [0.25, 0.3) is 0 Å². The second-order valence-corrected chi connectivity index (χ2v) is 5.80. The van der Waals surface area contributed by atoms with Gasteiger partial charge in [0.1, 0.15) is 5.82 Å². The van der Waals surface area contributed by atoms with Crippen LogP contribution in [0.25, 0.3) is 0 Å². The van der Waals surface area contributed by atoms with Crippen LogP contribution in [0.4, 0.5) is 4.39 Å². The number of benzene rings is 2. The van der Waals surface area contributed by atoms with Crippen molar-refractivity contribution in [1.29, 1.82) is 0 Å². The molecule has 0 amide bonds. The van der Waals surface area contributed by atoms with Crippen molar-refractivity contribution in [2.24, 2.45) is 0 Å². The Labute approximate surface area is 128 Å². The van der Waals surface area contributed by atoms with Crippen molar-refractivity contribution < 1.29 is 4.39 Å². The van der Waals surface area contributed by atoms with E-state index in [0.717, 1.165) is 29.3 Å². The molecule has 1 unspecified atom stereocenters. The maximum absolute atomic E-state index is 13.7. The summed E-state index contributed by atoms with van der Waals surface area (Å²) in [6.07, 6.45) is 2.72. The zero-order valence-electron chi connectivity index (χ0n) is 11.6. The Morgan fingerprint density at radius 3 is 2.55 bits per heavy atom. The third-order valence-electron chi connectivity index (χ3n) is 3.50. The van der Waals surface area contributed by atoms with Crippen LogP contribution in [0.1, 0.15) is 30.0 Å². The first-order valence-electron chi connectivity index (χ1n) is 6.87. The summed E-state index contributed by atoms with van der Waals surface area (Å²) in [5.41, 5.74) is 2.07. The van der Waals surface area contributed by atoms with Gasteiger partial charge in [0, 0.05) is 10.5 Å². The molecule has 0 spiro atoms. The third-order valence-corrected chi connectivity index (χ3v) is 4.00. The minimum Gasteiger partial charge on any atom is -0.313 e. The maximum atomic E-state index is 13.7. The number of halogens is 2. The third kappa shape index (κ3) is 4.15. The summed E-state index contributed by atoms with van der Waals surface area (Å²) in [5, 5.41) is 3.33. The fourth-order valence-corrected chi connectivity index (χ4v) is 2.72. The van der Waals surface area contributed by atoms with E-state index in [-0.39, 0.29) is 5.82 Å². The van der Waals surface area contributed by atoms with Gasteiger partial charge in [0.15, 0.2) is 0 Å². The normalized spacial score (nSPS) is 12.3. The highest BCUT2D eigenvalue weighted by Gasteiger charge is 2.09. The number of nitrogens with one attached hydrogen (secondary N) is 1. The van der Waals surface area contributed by atoms with Crippen LogP contribution in [0.2, 0.25) is 0 Å². The molecule has 20 heavy (non-hydrogen) atoms. The van der Waals surface area contributed by atoms with Gasteiger partial charge in [-0.25, -0.2) is 4.39 Å². The van der Waals surface area contributed by atoms with E-state index in [9.17, 15) is 4.39 Å². The summed E-state index contributed by atoms with van der Waals surface area (Å²) in [7, 11) is 1.97. The van der Waals surface area contributed by atoms with Crippen LogP contribution in [-0.4, -0.2) is 7.05 Å². The molecule has 0 heterocycles. The number of hydrogen-bond acceptors (Lipinski definition) is 1. The molecular weight excluding hydrogens is 317 g/mol. The minimum absolute atomic E-state index is 0.125. The summed E-state index contributed by atoms with van der Waals surface area (Å²) in [5.74, 6) is -0.125. The molecular formula is C17H19BrFN. The Morgan fingerprint density at radius 1 is 1.15 bits per heavy atom. The largest absolute Gasteiger partial charge is 0.313 e. The Hall–Kier alpha value is -1.19. The van der Waals surface area contributed by atoms with Gasteiger partial charge in [0.2, 0.25) is 0 Å². The van der Waals surface area contributed by atoms with Gasteiger partial charge in [0.05, 0.1) is 0 Å². The topological polar surface area (TPSA) is 12.0 Å². The highest BCUT2D eigenvalue weighted by atomic mass is 79.9. The number of aryl methyl sites for hydroxylation is 1. The molecule has 0 fully saturated rings. The lowest BCUT2D eigenvalue weighted by atomic mass is 9.99. The van der Waals surface area contributed by atoms with Gasteiger partial charge < -0.3 is 5.32 Å². The lowest BCUT2D eigenvalue weighted by Gasteiger charge is -2.16. The lowest BCUT2D eigenvalue weighted by Crippen LogP contribution is -2.16. The van der Waals surface area contributed by atoms with Gasteiger partial charge in [-0.1, -0.05) is 52.3 Å². The standard InChI is InChI=1S/C17H19BrFN/c1-20-17(14-6-3-2-4-7-14)9-5-8-13-10-11-15(18)12-16(13)19/h2-4,6-7,10-12,17,20H,5,8-9H2,1H3. The van der Waals surface area contributed by atoms with Gasteiger partial charge in [-0.05, 0) is 49.6 Å². The highest BCUT2D eigenvalue weighted by molar-refractivity contribution is 9.10. The lowest BCUT2D eigenvalue weighted by molar-refractivity contribution is 0.520. The molecule has 0 aromatic heterocycles. The number of hydrogen-bond donors (Lipinski definition) is 1. The Morgan fingerprint density at radius 2 is 1.90 bits per heavy atom. The van der Waals surface area contributed by atoms with E-state index in [2.05, 4.69) is 33.4 Å². The van der Waals surface area contributed by atoms with Crippen LogP contribution < -0.4 is 5.32 Å².